The van der Waals surface area contributed by atoms with Gasteiger partial charge in [-0.15, -0.1) is 0 Å². The van der Waals surface area contributed by atoms with E-state index in [0.29, 0.717) is 5.69 Å². The van der Waals surface area contributed by atoms with Crippen LogP contribution in [-0.2, 0) is 48.9 Å². The van der Waals surface area contributed by atoms with E-state index < -0.39 is 60.7 Å². The van der Waals surface area contributed by atoms with E-state index in [4.69, 9.17) is 0 Å². The maximum atomic E-state index is 13.1. The zero-order valence-electron chi connectivity index (χ0n) is 31.1. The highest BCUT2D eigenvalue weighted by Gasteiger charge is 2.44. The van der Waals surface area contributed by atoms with Gasteiger partial charge in [0.15, 0.2) is 39.3 Å². The van der Waals surface area contributed by atoms with Crippen LogP contribution in [0.3, 0.4) is 0 Å². The number of carbonyl (C=O) groups is 2. The van der Waals surface area contributed by atoms with Gasteiger partial charge in [-0.1, -0.05) is 42.5 Å². The molecule has 1 aromatic heterocycles. The second kappa shape index (κ2) is 15.6. The third kappa shape index (κ3) is 9.29. The van der Waals surface area contributed by atoms with Gasteiger partial charge in [-0.05, 0) is 106 Å². The number of rotatable bonds is 10. The molecule has 0 bridgehead atoms. The summed E-state index contributed by atoms with van der Waals surface area (Å²) < 4.78 is 94.6. The van der Waals surface area contributed by atoms with E-state index in [9.17, 15) is 43.3 Å². The second-order valence-corrected chi connectivity index (χ2v) is 22.7. The number of carbonyl (C=O) groups excluding carboxylic acids is 2. The van der Waals surface area contributed by atoms with E-state index in [1.54, 1.807) is 30.5 Å². The molecule has 0 aliphatic rings. The first-order valence-electron chi connectivity index (χ1n) is 16.4. The van der Waals surface area contributed by atoms with Crippen LogP contribution in [0.15, 0.2) is 129 Å². The average molecular weight is 828 g/mol. The van der Waals surface area contributed by atoms with Crippen molar-refractivity contribution in [2.75, 3.05) is 23.1 Å². The SMILES string of the molecule is CC(C)(C(=O)Nc1cccc2ccccc12)S(=O)(=O)c1ccc(S(C)(=O)=O)cc1.Cc1ccc(NC(=O)C(C)(C)S(=O)(=O)c2ccc(S(C)(=O)=O)cc2)nc1. The predicted molar refractivity (Wildman–Crippen MR) is 212 cm³/mol. The Morgan fingerprint density at radius 3 is 1.38 bits per heavy atom. The minimum atomic E-state index is -4.08. The summed E-state index contributed by atoms with van der Waals surface area (Å²) in [4.78, 5) is 29.3. The summed E-state index contributed by atoms with van der Waals surface area (Å²) >= 11 is 0. The number of hydrogen-bond donors (Lipinski definition) is 2. The van der Waals surface area contributed by atoms with Gasteiger partial charge in [0.2, 0.25) is 11.8 Å². The number of benzene rings is 4. The molecular formula is C38H41N3O10S4. The van der Waals surface area contributed by atoms with Crippen molar-refractivity contribution in [1.82, 2.24) is 4.98 Å². The Hall–Kier alpha value is -4.97. The van der Waals surface area contributed by atoms with Crippen LogP contribution in [0.2, 0.25) is 0 Å². The van der Waals surface area contributed by atoms with E-state index >= 15 is 0 Å². The molecule has 55 heavy (non-hydrogen) atoms. The highest BCUT2D eigenvalue weighted by atomic mass is 32.2. The fourth-order valence-corrected chi connectivity index (χ4v) is 9.00. The third-order valence-corrected chi connectivity index (χ3v) is 15.9. The van der Waals surface area contributed by atoms with Crippen molar-refractivity contribution in [3.63, 3.8) is 0 Å². The Morgan fingerprint density at radius 1 is 0.527 bits per heavy atom. The molecule has 2 N–H and O–H groups in total. The molecule has 1 heterocycles. The van der Waals surface area contributed by atoms with Crippen LogP contribution in [0.25, 0.3) is 10.8 Å². The van der Waals surface area contributed by atoms with Crippen molar-refractivity contribution in [3.05, 3.63) is 115 Å². The Balaban J connectivity index is 0.000000246. The van der Waals surface area contributed by atoms with Crippen LogP contribution in [-0.4, -0.2) is 72.5 Å². The number of amides is 2. The lowest BCUT2D eigenvalue weighted by molar-refractivity contribution is -0.118. The van der Waals surface area contributed by atoms with E-state index in [0.717, 1.165) is 28.8 Å². The molecule has 2 amide bonds. The van der Waals surface area contributed by atoms with Crippen LogP contribution in [0.5, 0.6) is 0 Å². The summed E-state index contributed by atoms with van der Waals surface area (Å²) in [5.74, 6) is -1.17. The topological polar surface area (TPSA) is 208 Å². The van der Waals surface area contributed by atoms with Gasteiger partial charge in [-0.25, -0.2) is 38.7 Å². The van der Waals surface area contributed by atoms with E-state index in [-0.39, 0.29) is 25.4 Å². The van der Waals surface area contributed by atoms with E-state index in [2.05, 4.69) is 15.6 Å². The van der Waals surface area contributed by atoms with Crippen LogP contribution >= 0.6 is 0 Å². The molecule has 0 atom stereocenters. The van der Waals surface area contributed by atoms with Crippen molar-refractivity contribution >= 4 is 73.4 Å². The predicted octanol–water partition coefficient (Wildman–Crippen LogP) is 5.42. The fourth-order valence-electron chi connectivity index (χ4n) is 4.98. The van der Waals surface area contributed by atoms with Crippen molar-refractivity contribution in [3.8, 4) is 0 Å². The molecule has 5 rings (SSSR count). The molecule has 13 nitrogen and oxygen atoms in total. The minimum absolute atomic E-state index is 0.00237. The molecule has 0 aliphatic carbocycles. The number of anilines is 2. The Morgan fingerprint density at radius 2 is 0.945 bits per heavy atom. The number of nitrogens with one attached hydrogen (secondary N) is 2. The number of aryl methyl sites for hydroxylation is 1. The quantitative estimate of drug-likeness (QED) is 0.182. The highest BCUT2D eigenvalue weighted by Crippen LogP contribution is 2.31. The summed E-state index contributed by atoms with van der Waals surface area (Å²) in [7, 11) is -15.0. The maximum Gasteiger partial charge on any atom is 0.246 e. The summed E-state index contributed by atoms with van der Waals surface area (Å²) in [6.07, 6.45) is 3.63. The number of sulfone groups is 4. The van der Waals surface area contributed by atoms with E-state index in [1.165, 1.54) is 76.2 Å². The first kappa shape index (κ1) is 42.8. The van der Waals surface area contributed by atoms with Gasteiger partial charge in [-0.2, -0.15) is 0 Å². The van der Waals surface area contributed by atoms with Crippen molar-refractivity contribution in [2.45, 2.75) is 63.7 Å². The Bertz CT molecular complexity index is 2690. The molecule has 4 aromatic carbocycles. The van der Waals surface area contributed by atoms with Crippen LogP contribution < -0.4 is 10.6 Å². The zero-order valence-corrected chi connectivity index (χ0v) is 34.3. The molecule has 17 heteroatoms. The minimum Gasteiger partial charge on any atom is -0.324 e. The maximum absolute atomic E-state index is 13.1. The molecule has 0 spiro atoms. The van der Waals surface area contributed by atoms with Crippen molar-refractivity contribution < 1.29 is 43.3 Å². The lowest BCUT2D eigenvalue weighted by Gasteiger charge is -2.24. The van der Waals surface area contributed by atoms with Gasteiger partial charge in [0.05, 0.1) is 19.6 Å². The van der Waals surface area contributed by atoms with Gasteiger partial charge in [0.1, 0.15) is 15.3 Å². The van der Waals surface area contributed by atoms with Gasteiger partial charge >= 0.3 is 0 Å². The lowest BCUT2D eigenvalue weighted by atomic mass is 10.1. The summed E-state index contributed by atoms with van der Waals surface area (Å²) in [6, 6.07) is 25.8. The average Bonchev–Trinajstić information content (AvgIpc) is 3.12. The molecule has 0 aliphatic heterocycles. The van der Waals surface area contributed by atoms with Crippen molar-refractivity contribution in [2.24, 2.45) is 0 Å². The summed E-state index contributed by atoms with van der Waals surface area (Å²) in [6.45, 7) is 7.07. The van der Waals surface area contributed by atoms with Crippen molar-refractivity contribution in [1.29, 1.82) is 0 Å². The Labute approximate surface area is 321 Å². The van der Waals surface area contributed by atoms with Crippen LogP contribution in [0, 0.1) is 6.92 Å². The third-order valence-electron chi connectivity index (χ3n) is 8.75. The smallest absolute Gasteiger partial charge is 0.246 e. The number of pyridine rings is 1. The molecule has 0 radical (unpaired) electrons. The monoisotopic (exact) mass is 827 g/mol. The van der Waals surface area contributed by atoms with Gasteiger partial charge in [-0.3, -0.25) is 9.59 Å². The normalized spacial score (nSPS) is 12.6. The first-order valence-corrected chi connectivity index (χ1v) is 23.2. The second-order valence-electron chi connectivity index (χ2n) is 13.7. The van der Waals surface area contributed by atoms with Gasteiger partial charge in [0, 0.05) is 29.8 Å². The first-order chi connectivity index (χ1) is 25.3. The number of fused-ring (bicyclic) bond motifs is 1. The molecule has 5 aromatic rings. The summed E-state index contributed by atoms with van der Waals surface area (Å²) in [5.41, 5.74) is 1.42. The molecule has 0 saturated carbocycles. The molecular weight excluding hydrogens is 787 g/mol. The zero-order chi connectivity index (χ0) is 41.2. The molecule has 292 valence electrons. The Kier molecular flexibility index (Phi) is 12.2. The molecule has 0 saturated heterocycles. The van der Waals surface area contributed by atoms with Gasteiger partial charge in [0.25, 0.3) is 0 Å². The van der Waals surface area contributed by atoms with Gasteiger partial charge < -0.3 is 10.6 Å². The number of hydrogen-bond acceptors (Lipinski definition) is 11. The highest BCUT2D eigenvalue weighted by molar-refractivity contribution is 7.94. The van der Waals surface area contributed by atoms with Crippen LogP contribution in [0.1, 0.15) is 33.3 Å². The van der Waals surface area contributed by atoms with Crippen LogP contribution in [0.4, 0.5) is 11.5 Å². The lowest BCUT2D eigenvalue weighted by Crippen LogP contribution is -2.44. The summed E-state index contributed by atoms with van der Waals surface area (Å²) in [5, 5.41) is 6.94. The molecule has 0 unspecified atom stereocenters. The largest absolute Gasteiger partial charge is 0.324 e. The number of aromatic nitrogens is 1. The standard InChI is InChI=1S/C21H21NO5S2.C17H20N2O5S2/c1-21(2,29(26,27)17-13-11-16(12-14-17)28(3,24)25)20(23)22-19-10-6-8-15-7-4-5-9-18(15)19;1-12-5-10-15(18-11-12)19-16(20)17(2,3)26(23,24)14-8-6-13(7-9-14)25(4,21)22/h4-14H,1-3H3,(H,22,23);5-11H,1-4H3,(H,18,19,20). The number of nitrogens with zero attached hydrogens (tertiary/aromatic N) is 1. The van der Waals surface area contributed by atoms with E-state index in [1.807, 2.05) is 37.3 Å². The molecule has 0 fully saturated rings. The fraction of sp³-hybridized carbons (Fsp3) is 0.237.